The van der Waals surface area contributed by atoms with Gasteiger partial charge in [-0.25, -0.2) is 0 Å². The van der Waals surface area contributed by atoms with E-state index in [9.17, 15) is 4.79 Å². The number of nitrogens with one attached hydrogen (secondary N) is 1. The van der Waals surface area contributed by atoms with Gasteiger partial charge < -0.3 is 14.8 Å². The van der Waals surface area contributed by atoms with Crippen molar-refractivity contribution in [1.82, 2.24) is 0 Å². The van der Waals surface area contributed by atoms with E-state index in [4.69, 9.17) is 21.1 Å². The van der Waals surface area contributed by atoms with Crippen LogP contribution in [0.25, 0.3) is 0 Å². The molecular formula is C18H20ClNO3. The number of benzene rings is 2. The molecule has 2 aromatic rings. The molecule has 4 nitrogen and oxygen atoms in total. The number of ether oxygens (including phenoxy) is 2. The van der Waals surface area contributed by atoms with Gasteiger partial charge in [-0.2, -0.15) is 0 Å². The molecule has 0 aromatic heterocycles. The number of anilines is 1. The molecule has 0 fully saturated rings. The van der Waals surface area contributed by atoms with Crippen molar-refractivity contribution < 1.29 is 14.3 Å². The average molecular weight is 334 g/mol. The van der Waals surface area contributed by atoms with E-state index >= 15 is 0 Å². The lowest BCUT2D eigenvalue weighted by atomic mass is 10.1. The summed E-state index contributed by atoms with van der Waals surface area (Å²) in [5.41, 5.74) is 1.67. The van der Waals surface area contributed by atoms with Crippen molar-refractivity contribution in [3.8, 4) is 11.5 Å². The van der Waals surface area contributed by atoms with Crippen molar-refractivity contribution in [1.29, 1.82) is 0 Å². The Morgan fingerprint density at radius 1 is 1.22 bits per heavy atom. The Bertz CT molecular complexity index is 688. The normalized spacial score (nSPS) is 11.7. The van der Waals surface area contributed by atoms with Crippen molar-refractivity contribution >= 4 is 23.2 Å². The minimum Gasteiger partial charge on any atom is -0.495 e. The molecule has 0 heterocycles. The molecule has 0 spiro atoms. The zero-order valence-corrected chi connectivity index (χ0v) is 14.2. The fraction of sp³-hybridized carbons (Fsp3) is 0.278. The van der Waals surface area contributed by atoms with Crippen LogP contribution in [0.15, 0.2) is 42.5 Å². The number of para-hydroxylation sites is 1. The van der Waals surface area contributed by atoms with Crippen LogP contribution in [-0.2, 0) is 11.2 Å². The third-order valence-electron chi connectivity index (χ3n) is 3.45. The molecule has 23 heavy (non-hydrogen) atoms. The largest absolute Gasteiger partial charge is 0.495 e. The highest BCUT2D eigenvalue weighted by Crippen LogP contribution is 2.27. The molecule has 5 heteroatoms. The van der Waals surface area contributed by atoms with Gasteiger partial charge in [-0.1, -0.05) is 36.7 Å². The van der Waals surface area contributed by atoms with E-state index < -0.39 is 6.10 Å². The number of hydrogen-bond acceptors (Lipinski definition) is 3. The number of halogens is 1. The van der Waals surface area contributed by atoms with Gasteiger partial charge in [0, 0.05) is 5.69 Å². The minimum absolute atomic E-state index is 0.239. The van der Waals surface area contributed by atoms with E-state index in [1.54, 1.807) is 32.2 Å². The highest BCUT2D eigenvalue weighted by Gasteiger charge is 2.16. The Labute approximate surface area is 141 Å². The van der Waals surface area contributed by atoms with Gasteiger partial charge in [-0.05, 0) is 43.2 Å². The lowest BCUT2D eigenvalue weighted by Gasteiger charge is -2.17. The quantitative estimate of drug-likeness (QED) is 0.856. The first-order valence-corrected chi connectivity index (χ1v) is 7.82. The summed E-state index contributed by atoms with van der Waals surface area (Å²) in [6.07, 6.45) is 0.224. The van der Waals surface area contributed by atoms with Crippen molar-refractivity contribution in [2.75, 3.05) is 12.4 Å². The molecule has 0 aliphatic carbocycles. The molecule has 1 N–H and O–H groups in total. The molecule has 2 rings (SSSR count). The van der Waals surface area contributed by atoms with E-state index in [0.29, 0.717) is 16.5 Å². The van der Waals surface area contributed by atoms with Gasteiger partial charge in [0.05, 0.1) is 12.1 Å². The fourth-order valence-electron chi connectivity index (χ4n) is 2.14. The molecule has 0 aliphatic heterocycles. The topological polar surface area (TPSA) is 47.6 Å². The van der Waals surface area contributed by atoms with Crippen LogP contribution >= 0.6 is 11.6 Å². The predicted octanol–water partition coefficient (Wildman–Crippen LogP) is 4.32. The molecule has 122 valence electrons. The van der Waals surface area contributed by atoms with Crippen molar-refractivity contribution in [2.45, 2.75) is 26.4 Å². The summed E-state index contributed by atoms with van der Waals surface area (Å²) >= 11 is 6.05. The number of rotatable bonds is 6. The molecular weight excluding hydrogens is 314 g/mol. The van der Waals surface area contributed by atoms with Gasteiger partial charge >= 0.3 is 0 Å². The third kappa shape index (κ3) is 4.39. The maximum atomic E-state index is 12.3. The first kappa shape index (κ1) is 17.2. The second kappa shape index (κ2) is 7.88. The maximum Gasteiger partial charge on any atom is 0.265 e. The summed E-state index contributed by atoms with van der Waals surface area (Å²) in [6.45, 7) is 3.76. The summed E-state index contributed by atoms with van der Waals surface area (Å²) in [4.78, 5) is 12.3. The summed E-state index contributed by atoms with van der Waals surface area (Å²) in [7, 11) is 1.54. The standard InChI is InChI=1S/C18H20ClNO3/c1-4-13-7-5-6-8-16(13)23-12(2)18(21)20-14-9-10-17(22-3)15(19)11-14/h5-12H,4H2,1-3H3,(H,20,21)/t12-/m1/s1. The molecule has 1 amide bonds. The summed E-state index contributed by atoms with van der Waals surface area (Å²) in [5, 5.41) is 3.23. The second-order valence-electron chi connectivity index (χ2n) is 5.06. The molecule has 0 saturated heterocycles. The van der Waals surface area contributed by atoms with E-state index in [-0.39, 0.29) is 5.91 Å². The first-order valence-electron chi connectivity index (χ1n) is 7.44. The van der Waals surface area contributed by atoms with E-state index in [1.165, 1.54) is 0 Å². The van der Waals surface area contributed by atoms with Crippen LogP contribution in [0.5, 0.6) is 11.5 Å². The summed E-state index contributed by atoms with van der Waals surface area (Å²) < 4.78 is 10.9. The number of hydrogen-bond donors (Lipinski definition) is 1. The van der Waals surface area contributed by atoms with E-state index in [1.807, 2.05) is 31.2 Å². The lowest BCUT2D eigenvalue weighted by molar-refractivity contribution is -0.122. The minimum atomic E-state index is -0.622. The second-order valence-corrected chi connectivity index (χ2v) is 5.47. The Balaban J connectivity index is 2.04. The zero-order chi connectivity index (χ0) is 16.8. The van der Waals surface area contributed by atoms with Gasteiger partial charge in [0.2, 0.25) is 0 Å². The highest BCUT2D eigenvalue weighted by atomic mass is 35.5. The number of carbonyl (C=O) groups is 1. The fourth-order valence-corrected chi connectivity index (χ4v) is 2.40. The zero-order valence-electron chi connectivity index (χ0n) is 13.4. The van der Waals surface area contributed by atoms with Gasteiger partial charge in [-0.3, -0.25) is 4.79 Å². The first-order chi connectivity index (χ1) is 11.0. The van der Waals surface area contributed by atoms with Crippen LogP contribution in [0.3, 0.4) is 0 Å². The Hall–Kier alpha value is -2.20. The summed E-state index contributed by atoms with van der Waals surface area (Å²) in [6, 6.07) is 12.8. The molecule has 0 aliphatic rings. The van der Waals surface area contributed by atoms with E-state index in [0.717, 1.165) is 17.7 Å². The monoisotopic (exact) mass is 333 g/mol. The number of carbonyl (C=O) groups excluding carboxylic acids is 1. The molecule has 0 bridgehead atoms. The van der Waals surface area contributed by atoms with Gasteiger partial charge in [0.15, 0.2) is 6.10 Å². The maximum absolute atomic E-state index is 12.3. The number of aryl methyl sites for hydroxylation is 1. The molecule has 0 radical (unpaired) electrons. The SMILES string of the molecule is CCc1ccccc1O[C@H](C)C(=O)Nc1ccc(OC)c(Cl)c1. The van der Waals surface area contributed by atoms with Crippen LogP contribution in [0.1, 0.15) is 19.4 Å². The van der Waals surface area contributed by atoms with Crippen molar-refractivity contribution in [3.05, 3.63) is 53.1 Å². The van der Waals surface area contributed by atoms with Crippen LogP contribution < -0.4 is 14.8 Å². The smallest absolute Gasteiger partial charge is 0.265 e. The lowest BCUT2D eigenvalue weighted by Crippen LogP contribution is -2.30. The van der Waals surface area contributed by atoms with Crippen LogP contribution in [-0.4, -0.2) is 19.1 Å². The summed E-state index contributed by atoms with van der Waals surface area (Å²) in [5.74, 6) is 1.05. The molecule has 0 saturated carbocycles. The van der Waals surface area contributed by atoms with Gasteiger partial charge in [-0.15, -0.1) is 0 Å². The Morgan fingerprint density at radius 3 is 2.61 bits per heavy atom. The Kier molecular flexibility index (Phi) is 5.88. The third-order valence-corrected chi connectivity index (χ3v) is 3.74. The van der Waals surface area contributed by atoms with Crippen molar-refractivity contribution in [2.24, 2.45) is 0 Å². The predicted molar refractivity (Wildman–Crippen MR) is 92.5 cm³/mol. The highest BCUT2D eigenvalue weighted by molar-refractivity contribution is 6.32. The Morgan fingerprint density at radius 2 is 1.96 bits per heavy atom. The molecule has 2 aromatic carbocycles. The van der Waals surface area contributed by atoms with Crippen molar-refractivity contribution in [3.63, 3.8) is 0 Å². The average Bonchev–Trinajstić information content (AvgIpc) is 2.55. The van der Waals surface area contributed by atoms with Gasteiger partial charge in [0.25, 0.3) is 5.91 Å². The van der Waals surface area contributed by atoms with Crippen LogP contribution in [0.4, 0.5) is 5.69 Å². The van der Waals surface area contributed by atoms with Crippen LogP contribution in [0, 0.1) is 0 Å². The van der Waals surface area contributed by atoms with Crippen LogP contribution in [0.2, 0.25) is 5.02 Å². The van der Waals surface area contributed by atoms with Gasteiger partial charge in [0.1, 0.15) is 11.5 Å². The number of methoxy groups -OCH3 is 1. The molecule has 1 atom stereocenters. The molecule has 0 unspecified atom stereocenters. The van der Waals surface area contributed by atoms with E-state index in [2.05, 4.69) is 5.32 Å². The number of amides is 1.